The Balaban J connectivity index is -0.00000000500. The minimum atomic E-state index is 0. The molecule has 0 unspecified atom stereocenters. The molecule has 1 N–H and O–H groups in total. The van der Waals surface area contributed by atoms with Crippen molar-refractivity contribution in [3.8, 4) is 0 Å². The quantitative estimate of drug-likeness (QED) is 0.457. The second-order valence-corrected chi connectivity index (χ2v) is 0. The van der Waals surface area contributed by atoms with E-state index in [1.54, 1.807) is 0 Å². The Hall–Kier alpha value is 1.70. The average Bonchev–Trinajstić information content (AvgIpc) is 1.00. The molecular formula is CH7BrCaO. The second-order valence-electron chi connectivity index (χ2n) is 0. The molecule has 0 aromatic heterocycles. The van der Waals surface area contributed by atoms with Gasteiger partial charge in [0.15, 0.2) is 0 Å². The van der Waals surface area contributed by atoms with Gasteiger partial charge in [0, 0.05) is 7.11 Å². The molecule has 0 aromatic rings. The van der Waals surface area contributed by atoms with Crippen molar-refractivity contribution in [2.45, 2.75) is 0 Å². The number of rotatable bonds is 0. The maximum atomic E-state index is 7.00. The molecule has 0 bridgehead atoms. The molecule has 0 aliphatic rings. The molecule has 1 nitrogen and oxygen atoms in total. The molecule has 0 aromatic carbocycles. The van der Waals surface area contributed by atoms with Gasteiger partial charge in [0.05, 0.1) is 0 Å². The molecule has 0 rings (SSSR count). The van der Waals surface area contributed by atoms with Crippen LogP contribution >= 0.6 is 17.0 Å². The summed E-state index contributed by atoms with van der Waals surface area (Å²) in [7, 11) is 1.00. The summed E-state index contributed by atoms with van der Waals surface area (Å²) in [6.07, 6.45) is 0. The summed E-state index contributed by atoms with van der Waals surface area (Å²) in [5.41, 5.74) is 0. The molecule has 26 valence electrons. The number of halogens is 1. The first-order valence-corrected chi connectivity index (χ1v) is 0.447. The van der Waals surface area contributed by atoms with Gasteiger partial charge in [-0.05, 0) is 0 Å². The molecule has 0 heterocycles. The summed E-state index contributed by atoms with van der Waals surface area (Å²) in [5.74, 6) is 0. The first kappa shape index (κ1) is 17.3. The van der Waals surface area contributed by atoms with Crippen LogP contribution in [0, 0.1) is 0 Å². The zero-order valence-corrected chi connectivity index (χ0v) is 3.57. The van der Waals surface area contributed by atoms with E-state index in [1.807, 2.05) is 0 Å². The molecule has 0 saturated heterocycles. The van der Waals surface area contributed by atoms with E-state index in [1.165, 1.54) is 0 Å². The van der Waals surface area contributed by atoms with E-state index >= 15 is 0 Å². The van der Waals surface area contributed by atoms with Gasteiger partial charge in [0.25, 0.3) is 0 Å². The molecule has 4 heavy (non-hydrogen) atoms. The van der Waals surface area contributed by atoms with E-state index in [4.69, 9.17) is 5.11 Å². The van der Waals surface area contributed by atoms with Crippen LogP contribution in [-0.4, -0.2) is 50.0 Å². The van der Waals surface area contributed by atoms with Gasteiger partial charge in [-0.25, -0.2) is 0 Å². The first-order chi connectivity index (χ1) is 1.00. The number of aliphatic hydroxyl groups excluding tert-OH is 1. The van der Waals surface area contributed by atoms with Crippen molar-refractivity contribution in [2.75, 3.05) is 7.11 Å². The summed E-state index contributed by atoms with van der Waals surface area (Å²) < 4.78 is 0. The van der Waals surface area contributed by atoms with Gasteiger partial charge < -0.3 is 5.11 Å². The molecule has 0 aliphatic carbocycles. The average molecular weight is 155 g/mol. The van der Waals surface area contributed by atoms with Gasteiger partial charge in [-0.15, -0.1) is 17.0 Å². The molecule has 0 fully saturated rings. The fourth-order valence-corrected chi connectivity index (χ4v) is 0. The Labute approximate surface area is 66.2 Å². The summed E-state index contributed by atoms with van der Waals surface area (Å²) in [6, 6.07) is 0. The van der Waals surface area contributed by atoms with E-state index in [-0.39, 0.29) is 54.7 Å². The Morgan fingerprint density at radius 2 is 1.25 bits per heavy atom. The van der Waals surface area contributed by atoms with Crippen LogP contribution in [0.3, 0.4) is 0 Å². The third-order valence-corrected chi connectivity index (χ3v) is 0. The fourth-order valence-electron chi connectivity index (χ4n) is 0. The number of aliphatic hydroxyl groups is 1. The van der Waals surface area contributed by atoms with Gasteiger partial charge in [0.2, 0.25) is 0 Å². The van der Waals surface area contributed by atoms with Crippen molar-refractivity contribution in [2.24, 2.45) is 0 Å². The monoisotopic (exact) mass is 154 g/mol. The first-order valence-electron chi connectivity index (χ1n) is 0.447. The maximum absolute atomic E-state index is 7.00. The zero-order chi connectivity index (χ0) is 2.00. The molecular weight excluding hydrogens is 148 g/mol. The Bertz CT molecular complexity index is 8.00. The summed E-state index contributed by atoms with van der Waals surface area (Å²) in [6.45, 7) is 0. The van der Waals surface area contributed by atoms with Gasteiger partial charge in [-0.2, -0.15) is 0 Å². The number of hydrogen-bond donors (Lipinski definition) is 1. The van der Waals surface area contributed by atoms with Crippen molar-refractivity contribution in [1.29, 1.82) is 0 Å². The second kappa shape index (κ2) is 22.3. The van der Waals surface area contributed by atoms with Crippen LogP contribution in [0.1, 0.15) is 0 Å². The molecule has 0 radical (unpaired) electrons. The predicted molar refractivity (Wildman–Crippen MR) is 27.0 cm³/mol. The third-order valence-electron chi connectivity index (χ3n) is 0. The van der Waals surface area contributed by atoms with Crippen molar-refractivity contribution in [3.05, 3.63) is 0 Å². The third kappa shape index (κ3) is 9.33. The van der Waals surface area contributed by atoms with Gasteiger partial charge in [-0.3, -0.25) is 0 Å². The van der Waals surface area contributed by atoms with Crippen molar-refractivity contribution in [1.82, 2.24) is 0 Å². The Morgan fingerprint density at radius 1 is 1.25 bits per heavy atom. The summed E-state index contributed by atoms with van der Waals surface area (Å²) >= 11 is 0. The summed E-state index contributed by atoms with van der Waals surface area (Å²) in [5, 5.41) is 7.00. The van der Waals surface area contributed by atoms with Crippen LogP contribution in [0.5, 0.6) is 0 Å². The normalized spacial score (nSPS) is 1.50. The minimum absolute atomic E-state index is 0. The van der Waals surface area contributed by atoms with E-state index < -0.39 is 0 Å². The molecule has 3 heteroatoms. The van der Waals surface area contributed by atoms with Gasteiger partial charge >= 0.3 is 37.7 Å². The topological polar surface area (TPSA) is 20.2 Å². The fraction of sp³-hybridized carbons (Fsp3) is 1.00. The molecule has 0 saturated carbocycles. The standard InChI is InChI=1S/CH4O.BrH.Ca.2H/c1-2;;;;/h2H,1H3;1H;;;. The van der Waals surface area contributed by atoms with Crippen LogP contribution in [0.25, 0.3) is 0 Å². The Morgan fingerprint density at radius 3 is 1.25 bits per heavy atom. The van der Waals surface area contributed by atoms with E-state index in [0.29, 0.717) is 0 Å². The van der Waals surface area contributed by atoms with Crippen LogP contribution in [0.4, 0.5) is 0 Å². The van der Waals surface area contributed by atoms with E-state index in [9.17, 15) is 0 Å². The molecule has 0 spiro atoms. The van der Waals surface area contributed by atoms with Crippen LogP contribution in [0.15, 0.2) is 0 Å². The van der Waals surface area contributed by atoms with E-state index in [0.717, 1.165) is 7.11 Å². The van der Waals surface area contributed by atoms with Gasteiger partial charge in [0.1, 0.15) is 0 Å². The van der Waals surface area contributed by atoms with Crippen molar-refractivity contribution >= 4 is 54.7 Å². The van der Waals surface area contributed by atoms with Gasteiger partial charge in [-0.1, -0.05) is 0 Å². The molecule has 0 amide bonds. The van der Waals surface area contributed by atoms with Crippen LogP contribution in [-0.2, 0) is 0 Å². The SMILES string of the molecule is Br.CO.[CaH2]. The van der Waals surface area contributed by atoms with E-state index in [2.05, 4.69) is 0 Å². The zero-order valence-electron chi connectivity index (χ0n) is 1.86. The van der Waals surface area contributed by atoms with Crippen LogP contribution in [0.2, 0.25) is 0 Å². The predicted octanol–water partition coefficient (Wildman–Crippen LogP) is -0.730. The van der Waals surface area contributed by atoms with Crippen molar-refractivity contribution in [3.63, 3.8) is 0 Å². The summed E-state index contributed by atoms with van der Waals surface area (Å²) in [4.78, 5) is 0. The number of hydrogen-bond acceptors (Lipinski definition) is 1. The Kier molecular flexibility index (Phi) is 96.2. The van der Waals surface area contributed by atoms with Crippen molar-refractivity contribution < 1.29 is 5.11 Å². The molecule has 0 aliphatic heterocycles. The van der Waals surface area contributed by atoms with Crippen LogP contribution < -0.4 is 0 Å². The molecule has 0 atom stereocenters.